The van der Waals surface area contributed by atoms with E-state index < -0.39 is 0 Å². The van der Waals surface area contributed by atoms with Crippen molar-refractivity contribution in [3.8, 4) is 0 Å². The molecular weight excluding hydrogens is 226 g/mol. The summed E-state index contributed by atoms with van der Waals surface area (Å²) in [6, 6.07) is 1.79. The number of aromatic nitrogens is 3. The predicted molar refractivity (Wildman–Crippen MR) is 61.7 cm³/mol. The Balaban J connectivity index is 2.17. The highest BCUT2D eigenvalue weighted by atomic mass is 35.5. The molecule has 0 radical (unpaired) electrons. The summed E-state index contributed by atoms with van der Waals surface area (Å²) in [5.74, 6) is 0.0310. The van der Waals surface area contributed by atoms with Crippen molar-refractivity contribution in [1.82, 2.24) is 14.3 Å². The van der Waals surface area contributed by atoms with Crippen molar-refractivity contribution in [2.24, 2.45) is 7.05 Å². The Bertz CT molecular complexity index is 527. The summed E-state index contributed by atoms with van der Waals surface area (Å²) >= 11 is 5.86. The molecular formula is C11H12ClN3O. The van der Waals surface area contributed by atoms with Crippen molar-refractivity contribution in [2.45, 2.75) is 13.5 Å². The fraction of sp³-hybridized carbons (Fsp3) is 0.273. The molecule has 2 aromatic heterocycles. The first-order valence-corrected chi connectivity index (χ1v) is 5.29. The second-order valence-corrected chi connectivity index (χ2v) is 4.13. The molecule has 0 aliphatic rings. The summed E-state index contributed by atoms with van der Waals surface area (Å²) in [5.41, 5.74) is 1.50. The number of hydrogen-bond donors (Lipinski definition) is 0. The van der Waals surface area contributed by atoms with Crippen LogP contribution in [0, 0.1) is 6.92 Å². The van der Waals surface area contributed by atoms with E-state index in [2.05, 4.69) is 5.10 Å². The highest BCUT2D eigenvalue weighted by Gasteiger charge is 2.11. The molecule has 2 aromatic rings. The molecule has 0 spiro atoms. The van der Waals surface area contributed by atoms with Crippen LogP contribution in [0.1, 0.15) is 16.1 Å². The normalized spacial score (nSPS) is 10.7. The maximum atomic E-state index is 11.9. The van der Waals surface area contributed by atoms with E-state index in [0.717, 1.165) is 5.69 Å². The summed E-state index contributed by atoms with van der Waals surface area (Å²) < 4.78 is 3.45. The highest BCUT2D eigenvalue weighted by Crippen LogP contribution is 2.14. The monoisotopic (exact) mass is 237 g/mol. The number of aryl methyl sites for hydroxylation is 1. The molecule has 0 aliphatic heterocycles. The van der Waals surface area contributed by atoms with E-state index in [4.69, 9.17) is 11.6 Å². The fourth-order valence-electron chi connectivity index (χ4n) is 1.48. The van der Waals surface area contributed by atoms with Crippen molar-refractivity contribution in [1.29, 1.82) is 0 Å². The third-order valence-corrected chi connectivity index (χ3v) is 2.86. The van der Waals surface area contributed by atoms with Gasteiger partial charge in [-0.1, -0.05) is 11.6 Å². The molecule has 2 rings (SSSR count). The molecule has 5 heteroatoms. The minimum Gasteiger partial charge on any atom is -0.357 e. The van der Waals surface area contributed by atoms with Crippen molar-refractivity contribution in [2.75, 3.05) is 0 Å². The molecule has 0 bridgehead atoms. The van der Waals surface area contributed by atoms with Crippen LogP contribution in [0.4, 0.5) is 0 Å². The summed E-state index contributed by atoms with van der Waals surface area (Å²) in [6.07, 6.45) is 5.19. The number of nitrogens with zero attached hydrogens (tertiary/aromatic N) is 3. The smallest absolute Gasteiger partial charge is 0.185 e. The van der Waals surface area contributed by atoms with Crippen LogP contribution in [0.5, 0.6) is 0 Å². The van der Waals surface area contributed by atoms with Gasteiger partial charge in [-0.25, -0.2) is 0 Å². The first-order valence-electron chi connectivity index (χ1n) is 4.91. The molecule has 16 heavy (non-hydrogen) atoms. The second-order valence-electron chi connectivity index (χ2n) is 3.72. The Hall–Kier alpha value is -1.55. The van der Waals surface area contributed by atoms with Crippen molar-refractivity contribution in [3.05, 3.63) is 40.9 Å². The number of ketones is 1. The number of rotatable bonds is 3. The second kappa shape index (κ2) is 4.14. The van der Waals surface area contributed by atoms with Gasteiger partial charge in [0.15, 0.2) is 5.78 Å². The Morgan fingerprint density at radius 1 is 1.56 bits per heavy atom. The maximum absolute atomic E-state index is 11.9. The molecule has 0 atom stereocenters. The third kappa shape index (κ3) is 2.02. The minimum atomic E-state index is 0.0310. The average Bonchev–Trinajstić information content (AvgIpc) is 2.79. The maximum Gasteiger partial charge on any atom is 0.185 e. The minimum absolute atomic E-state index is 0.0310. The SMILES string of the molecule is Cc1c(Cl)cnn1CC(=O)c1ccn(C)c1. The van der Waals surface area contributed by atoms with Gasteiger partial charge in [-0.2, -0.15) is 5.10 Å². The summed E-state index contributed by atoms with van der Waals surface area (Å²) in [5, 5.41) is 4.63. The largest absolute Gasteiger partial charge is 0.357 e. The Morgan fingerprint density at radius 3 is 2.81 bits per heavy atom. The molecule has 0 saturated heterocycles. The summed E-state index contributed by atoms with van der Waals surface area (Å²) in [7, 11) is 1.88. The van der Waals surface area contributed by atoms with Gasteiger partial charge >= 0.3 is 0 Å². The molecule has 0 amide bonds. The summed E-state index contributed by atoms with van der Waals surface area (Å²) in [4.78, 5) is 11.9. The Kier molecular flexibility index (Phi) is 2.83. The lowest BCUT2D eigenvalue weighted by molar-refractivity contribution is 0.0967. The lowest BCUT2D eigenvalue weighted by atomic mass is 10.2. The number of Topliss-reactive ketones (excluding diaryl/α,β-unsaturated/α-hetero) is 1. The average molecular weight is 238 g/mol. The van der Waals surface area contributed by atoms with E-state index in [-0.39, 0.29) is 12.3 Å². The topological polar surface area (TPSA) is 39.8 Å². The summed E-state index contributed by atoms with van der Waals surface area (Å²) in [6.45, 7) is 2.07. The van der Waals surface area contributed by atoms with Crippen LogP contribution in [0.25, 0.3) is 0 Å². The number of carbonyl (C=O) groups is 1. The van der Waals surface area contributed by atoms with Gasteiger partial charge in [0.25, 0.3) is 0 Å². The third-order valence-electron chi connectivity index (χ3n) is 2.49. The van der Waals surface area contributed by atoms with Gasteiger partial charge in [0.1, 0.15) is 6.54 Å². The van der Waals surface area contributed by atoms with Crippen LogP contribution < -0.4 is 0 Å². The molecule has 2 heterocycles. The van der Waals surface area contributed by atoms with Crippen LogP contribution in [-0.4, -0.2) is 20.1 Å². The van der Waals surface area contributed by atoms with E-state index in [1.54, 1.807) is 23.1 Å². The molecule has 0 N–H and O–H groups in total. The fourth-order valence-corrected chi connectivity index (χ4v) is 1.62. The van der Waals surface area contributed by atoms with Gasteiger partial charge in [0, 0.05) is 25.0 Å². The van der Waals surface area contributed by atoms with Gasteiger partial charge in [-0.05, 0) is 13.0 Å². The number of halogens is 1. The van der Waals surface area contributed by atoms with E-state index in [1.165, 1.54) is 0 Å². The number of carbonyl (C=O) groups excluding carboxylic acids is 1. The van der Waals surface area contributed by atoms with Crippen molar-refractivity contribution < 1.29 is 4.79 Å². The molecule has 0 aliphatic carbocycles. The quantitative estimate of drug-likeness (QED) is 0.767. The van der Waals surface area contributed by atoms with Gasteiger partial charge in [-0.3, -0.25) is 9.48 Å². The standard InChI is InChI=1S/C11H12ClN3O/c1-8-10(12)5-13-15(8)7-11(16)9-3-4-14(2)6-9/h3-6H,7H2,1-2H3. The first kappa shape index (κ1) is 11.0. The van der Waals surface area contributed by atoms with Gasteiger partial charge in [-0.15, -0.1) is 0 Å². The van der Waals surface area contributed by atoms with Crippen molar-refractivity contribution >= 4 is 17.4 Å². The molecule has 4 nitrogen and oxygen atoms in total. The molecule has 0 saturated carbocycles. The van der Waals surface area contributed by atoms with E-state index in [1.807, 2.05) is 24.7 Å². The van der Waals surface area contributed by atoms with E-state index >= 15 is 0 Å². The Morgan fingerprint density at radius 2 is 2.31 bits per heavy atom. The lowest BCUT2D eigenvalue weighted by Gasteiger charge is -2.02. The van der Waals surface area contributed by atoms with Crippen LogP contribution >= 0.6 is 11.6 Å². The number of hydrogen-bond acceptors (Lipinski definition) is 2. The highest BCUT2D eigenvalue weighted by molar-refractivity contribution is 6.31. The van der Waals surface area contributed by atoms with Crippen molar-refractivity contribution in [3.63, 3.8) is 0 Å². The van der Waals surface area contributed by atoms with Gasteiger partial charge in [0.05, 0.1) is 16.9 Å². The van der Waals surface area contributed by atoms with Crippen LogP contribution in [0.3, 0.4) is 0 Å². The first-order chi connectivity index (χ1) is 7.58. The van der Waals surface area contributed by atoms with Gasteiger partial charge in [0.2, 0.25) is 0 Å². The molecule has 0 fully saturated rings. The lowest BCUT2D eigenvalue weighted by Crippen LogP contribution is -2.12. The van der Waals surface area contributed by atoms with Crippen LogP contribution in [0.2, 0.25) is 5.02 Å². The molecule has 84 valence electrons. The zero-order valence-electron chi connectivity index (χ0n) is 9.14. The molecule has 0 unspecified atom stereocenters. The Labute approximate surface area is 98.4 Å². The van der Waals surface area contributed by atoms with Gasteiger partial charge < -0.3 is 4.57 Å². The predicted octanol–water partition coefficient (Wildman–Crippen LogP) is 2.07. The van der Waals surface area contributed by atoms with E-state index in [9.17, 15) is 4.79 Å². The zero-order valence-corrected chi connectivity index (χ0v) is 9.90. The van der Waals surface area contributed by atoms with Crippen LogP contribution in [0.15, 0.2) is 24.7 Å². The zero-order chi connectivity index (χ0) is 11.7. The van der Waals surface area contributed by atoms with Crippen LogP contribution in [-0.2, 0) is 13.6 Å². The molecule has 0 aromatic carbocycles. The van der Waals surface area contributed by atoms with E-state index in [0.29, 0.717) is 10.6 Å².